The molecule has 7 nitrogen and oxygen atoms in total. The molecule has 2 aromatic heterocycles. The molecule has 1 aliphatic heterocycles. The summed E-state index contributed by atoms with van der Waals surface area (Å²) in [6.07, 6.45) is -2.58. The van der Waals surface area contributed by atoms with Crippen LogP contribution in [0.3, 0.4) is 0 Å². The van der Waals surface area contributed by atoms with Crippen molar-refractivity contribution >= 4 is 11.8 Å². The maximum atomic E-state index is 12.8. The van der Waals surface area contributed by atoms with Crippen LogP contribution in [0.15, 0.2) is 45.9 Å². The van der Waals surface area contributed by atoms with Crippen molar-refractivity contribution in [1.29, 1.82) is 0 Å². The fourth-order valence-electron chi connectivity index (χ4n) is 2.78. The predicted molar refractivity (Wildman–Crippen MR) is 86.9 cm³/mol. The lowest BCUT2D eigenvalue weighted by atomic mass is 10.2. The Morgan fingerprint density at radius 2 is 1.70 bits per heavy atom. The molecule has 1 fully saturated rings. The summed E-state index contributed by atoms with van der Waals surface area (Å²) in [4.78, 5) is 39.2. The second kappa shape index (κ2) is 7.29. The number of aromatic nitrogens is 1. The molecule has 1 saturated heterocycles. The van der Waals surface area contributed by atoms with Gasteiger partial charge in [-0.3, -0.25) is 14.4 Å². The van der Waals surface area contributed by atoms with E-state index in [0.717, 1.165) is 10.6 Å². The van der Waals surface area contributed by atoms with Crippen LogP contribution in [0, 0.1) is 0 Å². The van der Waals surface area contributed by atoms with Crippen LogP contribution in [0.5, 0.6) is 0 Å². The molecule has 0 spiro atoms. The summed E-state index contributed by atoms with van der Waals surface area (Å²) in [5.74, 6) is -0.576. The van der Waals surface area contributed by atoms with Crippen LogP contribution >= 0.6 is 0 Å². The number of amides is 2. The minimum absolute atomic E-state index is 0.199. The highest BCUT2D eigenvalue weighted by atomic mass is 19.4. The summed E-state index contributed by atoms with van der Waals surface area (Å²) < 4.78 is 44.1. The fourth-order valence-corrected chi connectivity index (χ4v) is 2.78. The molecule has 27 heavy (non-hydrogen) atoms. The zero-order valence-corrected chi connectivity index (χ0v) is 14.1. The lowest BCUT2D eigenvalue weighted by Crippen LogP contribution is -2.51. The van der Waals surface area contributed by atoms with Crippen molar-refractivity contribution < 1.29 is 27.2 Å². The lowest BCUT2D eigenvalue weighted by molar-refractivity contribution is -0.139. The standard InChI is InChI=1S/C17H16F3N3O4/c18-17(19,20)12-3-4-14(24)23(10-12)11-15(25)21-5-7-22(8-6-21)16(26)13-2-1-9-27-13/h1-4,9-10H,5-8,11H2. The lowest BCUT2D eigenvalue weighted by Gasteiger charge is -2.34. The van der Waals surface area contributed by atoms with E-state index in [9.17, 15) is 27.6 Å². The van der Waals surface area contributed by atoms with Gasteiger partial charge in [0.05, 0.1) is 11.8 Å². The second-order valence-electron chi connectivity index (χ2n) is 6.03. The van der Waals surface area contributed by atoms with E-state index in [1.807, 2.05) is 0 Å². The Morgan fingerprint density at radius 1 is 1.04 bits per heavy atom. The van der Waals surface area contributed by atoms with Gasteiger partial charge in [-0.05, 0) is 18.2 Å². The van der Waals surface area contributed by atoms with Crippen molar-refractivity contribution in [3.05, 3.63) is 58.4 Å². The number of piperazine rings is 1. The molecule has 10 heteroatoms. The van der Waals surface area contributed by atoms with E-state index in [2.05, 4.69) is 0 Å². The molecule has 2 amide bonds. The van der Waals surface area contributed by atoms with Gasteiger partial charge < -0.3 is 18.8 Å². The Morgan fingerprint density at radius 3 is 2.30 bits per heavy atom. The van der Waals surface area contributed by atoms with E-state index in [1.54, 1.807) is 12.1 Å². The molecule has 0 aliphatic carbocycles. The Bertz CT molecular complexity index is 882. The molecular formula is C17H16F3N3O4. The van der Waals surface area contributed by atoms with Gasteiger partial charge in [-0.25, -0.2) is 0 Å². The van der Waals surface area contributed by atoms with E-state index in [-0.39, 0.29) is 37.8 Å². The van der Waals surface area contributed by atoms with Crippen molar-refractivity contribution in [2.75, 3.05) is 26.2 Å². The molecule has 0 N–H and O–H groups in total. The van der Waals surface area contributed by atoms with E-state index in [1.165, 1.54) is 16.1 Å². The molecule has 0 bridgehead atoms. The Hall–Kier alpha value is -3.04. The van der Waals surface area contributed by atoms with Gasteiger partial charge in [-0.15, -0.1) is 0 Å². The summed E-state index contributed by atoms with van der Waals surface area (Å²) in [5.41, 5.74) is -1.69. The minimum atomic E-state index is -4.60. The van der Waals surface area contributed by atoms with Crippen molar-refractivity contribution in [2.24, 2.45) is 0 Å². The Labute approximate surface area is 151 Å². The van der Waals surface area contributed by atoms with Crippen molar-refractivity contribution in [2.45, 2.75) is 12.7 Å². The van der Waals surface area contributed by atoms with E-state index < -0.39 is 29.8 Å². The molecule has 0 atom stereocenters. The first-order valence-corrected chi connectivity index (χ1v) is 8.14. The zero-order chi connectivity index (χ0) is 19.6. The van der Waals surface area contributed by atoms with E-state index in [0.29, 0.717) is 12.3 Å². The zero-order valence-electron chi connectivity index (χ0n) is 14.1. The van der Waals surface area contributed by atoms with Gasteiger partial charge in [0.2, 0.25) is 5.91 Å². The highest BCUT2D eigenvalue weighted by Gasteiger charge is 2.31. The van der Waals surface area contributed by atoms with Gasteiger partial charge in [0.25, 0.3) is 11.5 Å². The normalized spacial score (nSPS) is 15.1. The molecule has 0 unspecified atom stereocenters. The highest BCUT2D eigenvalue weighted by molar-refractivity contribution is 5.91. The average molecular weight is 383 g/mol. The van der Waals surface area contributed by atoms with Crippen LogP contribution in [0.25, 0.3) is 0 Å². The van der Waals surface area contributed by atoms with Crippen LogP contribution < -0.4 is 5.56 Å². The number of furan rings is 1. The van der Waals surface area contributed by atoms with Gasteiger partial charge in [0, 0.05) is 38.4 Å². The van der Waals surface area contributed by atoms with Crippen LogP contribution in [-0.2, 0) is 17.5 Å². The van der Waals surface area contributed by atoms with E-state index >= 15 is 0 Å². The van der Waals surface area contributed by atoms with Crippen LogP contribution in [0.2, 0.25) is 0 Å². The number of hydrogen-bond donors (Lipinski definition) is 0. The number of pyridine rings is 1. The topological polar surface area (TPSA) is 75.8 Å². The highest BCUT2D eigenvalue weighted by Crippen LogP contribution is 2.28. The molecule has 144 valence electrons. The predicted octanol–water partition coefficient (Wildman–Crippen LogP) is 1.44. The van der Waals surface area contributed by atoms with Crippen molar-refractivity contribution in [1.82, 2.24) is 14.4 Å². The van der Waals surface area contributed by atoms with Gasteiger partial charge in [0.1, 0.15) is 6.54 Å². The molecular weight excluding hydrogens is 367 g/mol. The number of halogens is 3. The quantitative estimate of drug-likeness (QED) is 0.804. The monoisotopic (exact) mass is 383 g/mol. The summed E-state index contributed by atoms with van der Waals surface area (Å²) in [7, 11) is 0. The van der Waals surface area contributed by atoms with Crippen LogP contribution in [0.4, 0.5) is 13.2 Å². The first-order valence-electron chi connectivity index (χ1n) is 8.14. The Balaban J connectivity index is 1.62. The number of rotatable bonds is 3. The summed E-state index contributed by atoms with van der Waals surface area (Å²) in [5, 5.41) is 0. The third kappa shape index (κ3) is 4.21. The molecule has 1 aliphatic rings. The molecule has 2 aromatic rings. The number of carbonyl (C=O) groups is 2. The second-order valence-corrected chi connectivity index (χ2v) is 6.03. The van der Waals surface area contributed by atoms with Crippen molar-refractivity contribution in [3.8, 4) is 0 Å². The summed E-state index contributed by atoms with van der Waals surface area (Å²) >= 11 is 0. The average Bonchev–Trinajstić information content (AvgIpc) is 3.16. The molecule has 0 radical (unpaired) electrons. The third-order valence-corrected chi connectivity index (χ3v) is 4.27. The van der Waals surface area contributed by atoms with Gasteiger partial charge >= 0.3 is 6.18 Å². The van der Waals surface area contributed by atoms with E-state index in [4.69, 9.17) is 4.42 Å². The smallest absolute Gasteiger partial charge is 0.417 e. The first kappa shape index (κ1) is 18.7. The van der Waals surface area contributed by atoms with Crippen LogP contribution in [0.1, 0.15) is 16.1 Å². The maximum Gasteiger partial charge on any atom is 0.417 e. The maximum absolute atomic E-state index is 12.8. The molecule has 0 aromatic carbocycles. The molecule has 3 heterocycles. The number of nitrogens with zero attached hydrogens (tertiary/aromatic N) is 3. The first-order chi connectivity index (χ1) is 12.8. The van der Waals surface area contributed by atoms with Gasteiger partial charge in [-0.1, -0.05) is 0 Å². The Kier molecular flexibility index (Phi) is 5.06. The van der Waals surface area contributed by atoms with Crippen molar-refractivity contribution in [3.63, 3.8) is 0 Å². The SMILES string of the molecule is O=C(Cn1cc(C(F)(F)F)ccc1=O)N1CCN(C(=O)c2ccco2)CC1. The minimum Gasteiger partial charge on any atom is -0.459 e. The van der Waals surface area contributed by atoms with Gasteiger partial charge in [0.15, 0.2) is 5.76 Å². The number of alkyl halides is 3. The van der Waals surface area contributed by atoms with Gasteiger partial charge in [-0.2, -0.15) is 13.2 Å². The summed E-state index contributed by atoms with van der Waals surface area (Å²) in [6, 6.07) is 4.61. The number of hydrogen-bond acceptors (Lipinski definition) is 4. The fraction of sp³-hybridized carbons (Fsp3) is 0.353. The third-order valence-electron chi connectivity index (χ3n) is 4.27. The largest absolute Gasteiger partial charge is 0.459 e. The summed E-state index contributed by atoms with van der Waals surface area (Å²) in [6.45, 7) is 0.485. The van der Waals surface area contributed by atoms with Crippen LogP contribution in [-0.4, -0.2) is 52.4 Å². The molecule has 0 saturated carbocycles. The molecule has 3 rings (SSSR count). The number of carbonyl (C=O) groups excluding carboxylic acids is 2.